The van der Waals surface area contributed by atoms with Crippen LogP contribution in [0.25, 0.3) is 0 Å². The Hall–Kier alpha value is -0.580. The molecule has 0 bridgehead atoms. The van der Waals surface area contributed by atoms with E-state index in [1.165, 1.54) is 0 Å². The lowest BCUT2D eigenvalue weighted by atomic mass is 10.3. The van der Waals surface area contributed by atoms with Crippen LogP contribution in [0.5, 0.6) is 0 Å². The van der Waals surface area contributed by atoms with Gasteiger partial charge in [-0.15, -0.1) is 0 Å². The summed E-state index contributed by atoms with van der Waals surface area (Å²) in [5.41, 5.74) is 0.693. The Balaban J connectivity index is 2.37. The van der Waals surface area contributed by atoms with Crippen molar-refractivity contribution in [2.75, 3.05) is 18.5 Å². The number of benzene rings is 1. The standard InChI is InChI=1S/C12H15BrClNO2/c1-2-6-17-7-5-12(16)15-9-3-4-10(13)11(14)8-9/h3-4,8H,2,5-7H2,1H3,(H,15,16). The number of ether oxygens (including phenoxy) is 1. The zero-order valence-electron chi connectivity index (χ0n) is 9.63. The van der Waals surface area contributed by atoms with Gasteiger partial charge in [0.15, 0.2) is 0 Å². The molecule has 0 aliphatic heterocycles. The van der Waals surface area contributed by atoms with Crippen molar-refractivity contribution in [1.29, 1.82) is 0 Å². The summed E-state index contributed by atoms with van der Waals surface area (Å²) in [6, 6.07) is 5.29. The van der Waals surface area contributed by atoms with Gasteiger partial charge in [-0.25, -0.2) is 0 Å². The van der Waals surface area contributed by atoms with Crippen LogP contribution < -0.4 is 5.32 Å². The summed E-state index contributed by atoms with van der Waals surface area (Å²) in [4.78, 5) is 11.5. The normalized spacial score (nSPS) is 10.3. The lowest BCUT2D eigenvalue weighted by Crippen LogP contribution is -2.14. The van der Waals surface area contributed by atoms with Gasteiger partial charge in [-0.1, -0.05) is 18.5 Å². The van der Waals surface area contributed by atoms with E-state index in [1.54, 1.807) is 18.2 Å². The molecule has 1 aromatic carbocycles. The predicted octanol–water partition coefficient (Wildman–Crippen LogP) is 3.86. The van der Waals surface area contributed by atoms with Gasteiger partial charge < -0.3 is 10.1 Å². The molecular formula is C12H15BrClNO2. The first-order valence-electron chi connectivity index (χ1n) is 5.46. The van der Waals surface area contributed by atoms with Crippen LogP contribution in [0.15, 0.2) is 22.7 Å². The maximum Gasteiger partial charge on any atom is 0.226 e. The Bertz CT molecular complexity index is 385. The molecule has 0 spiro atoms. The summed E-state index contributed by atoms with van der Waals surface area (Å²) in [6.45, 7) is 3.17. The molecule has 94 valence electrons. The molecule has 0 radical (unpaired) electrons. The molecule has 0 aliphatic rings. The van der Waals surface area contributed by atoms with Crippen LogP contribution in [0.4, 0.5) is 5.69 Å². The molecule has 5 heteroatoms. The Labute approximate surface area is 115 Å². The molecular weight excluding hydrogens is 305 g/mol. The van der Waals surface area contributed by atoms with Gasteiger partial charge in [0.2, 0.25) is 5.91 Å². The van der Waals surface area contributed by atoms with Crippen molar-refractivity contribution in [3.05, 3.63) is 27.7 Å². The zero-order valence-corrected chi connectivity index (χ0v) is 12.0. The smallest absolute Gasteiger partial charge is 0.226 e. The van der Waals surface area contributed by atoms with Gasteiger partial charge in [-0.05, 0) is 40.5 Å². The molecule has 0 aromatic heterocycles. The fraction of sp³-hybridized carbons (Fsp3) is 0.417. The summed E-state index contributed by atoms with van der Waals surface area (Å²) < 4.78 is 6.05. The molecule has 0 heterocycles. The van der Waals surface area contributed by atoms with Crippen LogP contribution in [-0.2, 0) is 9.53 Å². The molecule has 1 N–H and O–H groups in total. The van der Waals surface area contributed by atoms with Gasteiger partial charge in [0.1, 0.15) is 0 Å². The number of rotatable bonds is 6. The monoisotopic (exact) mass is 319 g/mol. The molecule has 1 rings (SSSR count). The maximum absolute atomic E-state index is 11.5. The highest BCUT2D eigenvalue weighted by molar-refractivity contribution is 9.10. The van der Waals surface area contributed by atoms with E-state index in [9.17, 15) is 4.79 Å². The van der Waals surface area contributed by atoms with E-state index in [1.807, 2.05) is 6.92 Å². The predicted molar refractivity (Wildman–Crippen MR) is 73.5 cm³/mol. The van der Waals surface area contributed by atoms with Crippen LogP contribution in [0.3, 0.4) is 0 Å². The molecule has 0 saturated carbocycles. The fourth-order valence-corrected chi connectivity index (χ4v) is 1.64. The first kappa shape index (κ1) is 14.5. The summed E-state index contributed by atoms with van der Waals surface area (Å²) in [5, 5.41) is 3.34. The number of anilines is 1. The number of amides is 1. The van der Waals surface area contributed by atoms with Crippen LogP contribution in [0.2, 0.25) is 5.02 Å². The lowest BCUT2D eigenvalue weighted by molar-refractivity contribution is -0.117. The van der Waals surface area contributed by atoms with Gasteiger partial charge in [0.25, 0.3) is 0 Å². The van der Waals surface area contributed by atoms with Gasteiger partial charge in [-0.2, -0.15) is 0 Å². The van der Waals surface area contributed by atoms with Crippen LogP contribution in [0.1, 0.15) is 19.8 Å². The van der Waals surface area contributed by atoms with Crippen LogP contribution >= 0.6 is 27.5 Å². The first-order chi connectivity index (χ1) is 8.13. The average Bonchev–Trinajstić information content (AvgIpc) is 2.30. The first-order valence-corrected chi connectivity index (χ1v) is 6.63. The minimum Gasteiger partial charge on any atom is -0.381 e. The largest absolute Gasteiger partial charge is 0.381 e. The average molecular weight is 321 g/mol. The van der Waals surface area contributed by atoms with Crippen molar-refractivity contribution in [3.63, 3.8) is 0 Å². The zero-order chi connectivity index (χ0) is 12.7. The molecule has 0 fully saturated rings. The third kappa shape index (κ3) is 5.52. The van der Waals surface area contributed by atoms with E-state index in [0.29, 0.717) is 30.3 Å². The van der Waals surface area contributed by atoms with Crippen molar-refractivity contribution in [3.8, 4) is 0 Å². The summed E-state index contributed by atoms with van der Waals surface area (Å²) in [7, 11) is 0. The third-order valence-electron chi connectivity index (χ3n) is 2.03. The van der Waals surface area contributed by atoms with Crippen LogP contribution in [-0.4, -0.2) is 19.1 Å². The molecule has 0 aliphatic carbocycles. The second kappa shape index (κ2) is 7.69. The number of carbonyl (C=O) groups excluding carboxylic acids is 1. The van der Waals surface area contributed by atoms with Crippen LogP contribution in [0, 0.1) is 0 Å². The Morgan fingerprint density at radius 1 is 1.47 bits per heavy atom. The van der Waals surface area contributed by atoms with E-state index in [4.69, 9.17) is 16.3 Å². The summed E-state index contributed by atoms with van der Waals surface area (Å²) >= 11 is 9.21. The quantitative estimate of drug-likeness (QED) is 0.808. The second-order valence-electron chi connectivity index (χ2n) is 3.54. The molecule has 0 unspecified atom stereocenters. The van der Waals surface area contributed by atoms with Crippen molar-refractivity contribution in [2.45, 2.75) is 19.8 Å². The van der Waals surface area contributed by atoms with Crippen molar-refractivity contribution < 1.29 is 9.53 Å². The minimum absolute atomic E-state index is 0.0699. The molecule has 0 atom stereocenters. The van der Waals surface area contributed by atoms with Crippen molar-refractivity contribution >= 4 is 39.1 Å². The second-order valence-corrected chi connectivity index (χ2v) is 4.80. The highest BCUT2D eigenvalue weighted by Crippen LogP contribution is 2.25. The van der Waals surface area contributed by atoms with E-state index >= 15 is 0 Å². The van der Waals surface area contributed by atoms with Gasteiger partial charge >= 0.3 is 0 Å². The third-order valence-corrected chi connectivity index (χ3v) is 3.26. The lowest BCUT2D eigenvalue weighted by Gasteiger charge is -2.06. The van der Waals surface area contributed by atoms with Gasteiger partial charge in [-0.3, -0.25) is 4.79 Å². The molecule has 3 nitrogen and oxygen atoms in total. The number of nitrogens with one attached hydrogen (secondary N) is 1. The maximum atomic E-state index is 11.5. The number of halogens is 2. The highest BCUT2D eigenvalue weighted by Gasteiger charge is 2.04. The number of hydrogen-bond donors (Lipinski definition) is 1. The van der Waals surface area contributed by atoms with E-state index < -0.39 is 0 Å². The van der Waals surface area contributed by atoms with E-state index in [2.05, 4.69) is 21.2 Å². The summed E-state index contributed by atoms with van der Waals surface area (Å²) in [6.07, 6.45) is 1.32. The minimum atomic E-state index is -0.0699. The number of carbonyl (C=O) groups is 1. The molecule has 1 aromatic rings. The Morgan fingerprint density at radius 3 is 2.88 bits per heavy atom. The summed E-state index contributed by atoms with van der Waals surface area (Å²) in [5.74, 6) is -0.0699. The number of hydrogen-bond acceptors (Lipinski definition) is 2. The Morgan fingerprint density at radius 2 is 2.24 bits per heavy atom. The SMILES string of the molecule is CCCOCCC(=O)Nc1ccc(Br)c(Cl)c1. The van der Waals surface area contributed by atoms with E-state index in [0.717, 1.165) is 10.9 Å². The van der Waals surface area contributed by atoms with E-state index in [-0.39, 0.29) is 5.91 Å². The molecule has 17 heavy (non-hydrogen) atoms. The fourth-order valence-electron chi connectivity index (χ4n) is 1.21. The van der Waals surface area contributed by atoms with Crippen molar-refractivity contribution in [2.24, 2.45) is 0 Å². The molecule has 1 amide bonds. The van der Waals surface area contributed by atoms with Gasteiger partial charge in [0, 0.05) is 16.8 Å². The highest BCUT2D eigenvalue weighted by atomic mass is 79.9. The van der Waals surface area contributed by atoms with Gasteiger partial charge in [0.05, 0.1) is 18.1 Å². The Kier molecular flexibility index (Phi) is 6.55. The molecule has 0 saturated heterocycles. The van der Waals surface area contributed by atoms with Crippen molar-refractivity contribution in [1.82, 2.24) is 0 Å². The topological polar surface area (TPSA) is 38.3 Å².